The average Bonchev–Trinajstić information content (AvgIpc) is 2.92. The van der Waals surface area contributed by atoms with Crippen molar-refractivity contribution in [1.82, 2.24) is 9.38 Å². The van der Waals surface area contributed by atoms with Crippen molar-refractivity contribution in [3.05, 3.63) is 59.4 Å². The standard InChI is InChI=1S/C17H16BrClN2/c18-9-5-4-8-15-10-14(19)11-17-20-16(12-21(15)17)13-6-2-1-3-7-13/h1-3,6-7,10-12H,4-5,8-9H2. The molecule has 3 rings (SSSR count). The fraction of sp³-hybridized carbons (Fsp3) is 0.235. The van der Waals surface area contributed by atoms with Crippen LogP contribution in [0.4, 0.5) is 0 Å². The molecule has 108 valence electrons. The van der Waals surface area contributed by atoms with E-state index in [1.807, 2.05) is 30.3 Å². The Bertz CT molecular complexity index is 737. The average molecular weight is 364 g/mol. The zero-order chi connectivity index (χ0) is 14.7. The zero-order valence-corrected chi connectivity index (χ0v) is 13.9. The van der Waals surface area contributed by atoms with Gasteiger partial charge in [-0.15, -0.1) is 0 Å². The quantitative estimate of drug-likeness (QED) is 0.440. The van der Waals surface area contributed by atoms with Crippen LogP contribution in [0.25, 0.3) is 16.9 Å². The van der Waals surface area contributed by atoms with E-state index >= 15 is 0 Å². The predicted molar refractivity (Wildman–Crippen MR) is 92.4 cm³/mol. The maximum Gasteiger partial charge on any atom is 0.139 e. The maximum atomic E-state index is 6.23. The summed E-state index contributed by atoms with van der Waals surface area (Å²) in [6.45, 7) is 0. The van der Waals surface area contributed by atoms with Gasteiger partial charge < -0.3 is 4.40 Å². The molecular formula is C17H16BrClN2. The highest BCUT2D eigenvalue weighted by atomic mass is 79.9. The fourth-order valence-corrected chi connectivity index (χ4v) is 3.08. The van der Waals surface area contributed by atoms with Crippen LogP contribution in [0.3, 0.4) is 0 Å². The lowest BCUT2D eigenvalue weighted by molar-refractivity contribution is 0.776. The molecule has 0 bridgehead atoms. The number of hydrogen-bond acceptors (Lipinski definition) is 1. The molecule has 2 aromatic heterocycles. The highest BCUT2D eigenvalue weighted by molar-refractivity contribution is 9.09. The summed E-state index contributed by atoms with van der Waals surface area (Å²) in [4.78, 5) is 4.70. The highest BCUT2D eigenvalue weighted by Gasteiger charge is 2.08. The summed E-state index contributed by atoms with van der Waals surface area (Å²) >= 11 is 9.71. The summed E-state index contributed by atoms with van der Waals surface area (Å²) in [6.07, 6.45) is 5.41. The van der Waals surface area contributed by atoms with Crippen molar-refractivity contribution < 1.29 is 0 Å². The van der Waals surface area contributed by atoms with Crippen molar-refractivity contribution in [3.63, 3.8) is 0 Å². The largest absolute Gasteiger partial charge is 0.303 e. The predicted octanol–water partition coefficient (Wildman–Crippen LogP) is 5.37. The third-order valence-corrected chi connectivity index (χ3v) is 4.28. The summed E-state index contributed by atoms with van der Waals surface area (Å²) in [7, 11) is 0. The number of pyridine rings is 1. The van der Waals surface area contributed by atoms with Crippen LogP contribution < -0.4 is 0 Å². The summed E-state index contributed by atoms with van der Waals surface area (Å²) in [5, 5.41) is 1.79. The van der Waals surface area contributed by atoms with Gasteiger partial charge in [-0.05, 0) is 25.3 Å². The minimum atomic E-state index is 0.751. The molecule has 0 radical (unpaired) electrons. The van der Waals surface area contributed by atoms with Gasteiger partial charge in [0.1, 0.15) is 5.65 Å². The van der Waals surface area contributed by atoms with E-state index in [1.165, 1.54) is 5.69 Å². The van der Waals surface area contributed by atoms with Gasteiger partial charge >= 0.3 is 0 Å². The van der Waals surface area contributed by atoms with Crippen LogP contribution in [0, 0.1) is 0 Å². The first-order chi connectivity index (χ1) is 10.3. The topological polar surface area (TPSA) is 17.3 Å². The van der Waals surface area contributed by atoms with Gasteiger partial charge in [-0.25, -0.2) is 4.98 Å². The highest BCUT2D eigenvalue weighted by Crippen LogP contribution is 2.23. The minimum absolute atomic E-state index is 0.751. The first kappa shape index (κ1) is 14.6. The molecule has 4 heteroatoms. The number of halogens is 2. The Labute approximate surface area is 137 Å². The van der Waals surface area contributed by atoms with Crippen LogP contribution in [0.5, 0.6) is 0 Å². The Hall–Kier alpha value is -1.32. The maximum absolute atomic E-state index is 6.23. The molecule has 0 atom stereocenters. The Kier molecular flexibility index (Phi) is 4.61. The molecule has 3 aromatic rings. The number of aryl methyl sites for hydroxylation is 1. The van der Waals surface area contributed by atoms with E-state index in [4.69, 9.17) is 16.6 Å². The molecule has 0 N–H and O–H groups in total. The molecule has 0 aliphatic heterocycles. The number of fused-ring (bicyclic) bond motifs is 1. The summed E-state index contributed by atoms with van der Waals surface area (Å²) < 4.78 is 2.16. The fourth-order valence-electron chi connectivity index (χ4n) is 2.46. The third-order valence-electron chi connectivity index (χ3n) is 3.50. The van der Waals surface area contributed by atoms with E-state index < -0.39 is 0 Å². The van der Waals surface area contributed by atoms with Crippen LogP contribution >= 0.6 is 27.5 Å². The second-order valence-corrected chi connectivity index (χ2v) is 6.26. The Balaban J connectivity index is 2.02. The second-order valence-electron chi connectivity index (χ2n) is 5.03. The smallest absolute Gasteiger partial charge is 0.139 e. The lowest BCUT2D eigenvalue weighted by Gasteiger charge is -2.05. The van der Waals surface area contributed by atoms with Crippen LogP contribution in [0.15, 0.2) is 48.7 Å². The molecule has 1 aromatic carbocycles. The number of benzene rings is 1. The zero-order valence-electron chi connectivity index (χ0n) is 11.6. The number of aromatic nitrogens is 2. The van der Waals surface area contributed by atoms with Crippen LogP contribution in [0.1, 0.15) is 18.5 Å². The van der Waals surface area contributed by atoms with E-state index in [1.54, 1.807) is 0 Å². The number of unbranched alkanes of at least 4 members (excludes halogenated alkanes) is 1. The van der Waals surface area contributed by atoms with Crippen molar-refractivity contribution in [2.24, 2.45) is 0 Å². The molecule has 0 saturated carbocycles. The van der Waals surface area contributed by atoms with E-state index in [2.05, 4.69) is 38.7 Å². The van der Waals surface area contributed by atoms with Gasteiger partial charge in [-0.3, -0.25) is 0 Å². The normalized spacial score (nSPS) is 11.1. The van der Waals surface area contributed by atoms with Crippen molar-refractivity contribution in [1.29, 1.82) is 0 Å². The van der Waals surface area contributed by atoms with Gasteiger partial charge in [-0.1, -0.05) is 57.9 Å². The van der Waals surface area contributed by atoms with Gasteiger partial charge in [0.25, 0.3) is 0 Å². The first-order valence-corrected chi connectivity index (χ1v) is 8.57. The van der Waals surface area contributed by atoms with Gasteiger partial charge in [0.2, 0.25) is 0 Å². The van der Waals surface area contributed by atoms with Crippen molar-refractivity contribution >= 4 is 33.2 Å². The van der Waals surface area contributed by atoms with E-state index in [9.17, 15) is 0 Å². The number of alkyl halides is 1. The molecule has 0 aliphatic carbocycles. The number of nitrogens with zero attached hydrogens (tertiary/aromatic N) is 2. The van der Waals surface area contributed by atoms with Crippen LogP contribution in [-0.4, -0.2) is 14.7 Å². The van der Waals surface area contributed by atoms with Crippen molar-refractivity contribution in [2.75, 3.05) is 5.33 Å². The molecule has 2 nitrogen and oxygen atoms in total. The van der Waals surface area contributed by atoms with Gasteiger partial charge in [0.15, 0.2) is 0 Å². The lowest BCUT2D eigenvalue weighted by Crippen LogP contribution is -1.96. The Morgan fingerprint density at radius 2 is 1.90 bits per heavy atom. The summed E-state index contributed by atoms with van der Waals surface area (Å²) in [5.41, 5.74) is 4.24. The monoisotopic (exact) mass is 362 g/mol. The molecule has 0 spiro atoms. The molecule has 0 aliphatic rings. The second kappa shape index (κ2) is 6.63. The van der Waals surface area contributed by atoms with Crippen molar-refractivity contribution in [3.8, 4) is 11.3 Å². The molecule has 2 heterocycles. The Morgan fingerprint density at radius 3 is 2.67 bits per heavy atom. The molecule has 0 saturated heterocycles. The van der Waals surface area contributed by atoms with Gasteiger partial charge in [0.05, 0.1) is 5.69 Å². The molecule has 0 fully saturated rings. The SMILES string of the molecule is Clc1cc(CCCCBr)n2cc(-c3ccccc3)nc2c1. The molecule has 21 heavy (non-hydrogen) atoms. The number of hydrogen-bond donors (Lipinski definition) is 0. The first-order valence-electron chi connectivity index (χ1n) is 7.07. The van der Waals surface area contributed by atoms with E-state index in [0.29, 0.717) is 0 Å². The van der Waals surface area contributed by atoms with Crippen LogP contribution in [-0.2, 0) is 6.42 Å². The van der Waals surface area contributed by atoms with E-state index in [-0.39, 0.29) is 0 Å². The van der Waals surface area contributed by atoms with Gasteiger partial charge in [0, 0.05) is 33.9 Å². The van der Waals surface area contributed by atoms with Gasteiger partial charge in [-0.2, -0.15) is 0 Å². The Morgan fingerprint density at radius 1 is 1.10 bits per heavy atom. The molecular weight excluding hydrogens is 348 g/mol. The molecule has 0 amide bonds. The lowest BCUT2D eigenvalue weighted by atomic mass is 10.2. The summed E-state index contributed by atoms with van der Waals surface area (Å²) in [6, 6.07) is 14.2. The van der Waals surface area contributed by atoms with Crippen LogP contribution in [0.2, 0.25) is 5.02 Å². The third kappa shape index (κ3) is 3.30. The van der Waals surface area contributed by atoms with E-state index in [0.717, 1.165) is 46.5 Å². The molecule has 0 unspecified atom stereocenters. The minimum Gasteiger partial charge on any atom is -0.303 e. The number of rotatable bonds is 5. The van der Waals surface area contributed by atoms with Crippen molar-refractivity contribution in [2.45, 2.75) is 19.3 Å². The summed E-state index contributed by atoms with van der Waals surface area (Å²) in [5.74, 6) is 0. The number of imidazole rings is 1.